The van der Waals surface area contributed by atoms with Crippen LogP contribution in [-0.4, -0.2) is 41.8 Å². The Balaban J connectivity index is 1.07. The molecule has 3 heterocycles. The number of ether oxygens (including phenoxy) is 4. The molecule has 1 amide bonds. The van der Waals surface area contributed by atoms with Crippen LogP contribution in [0.15, 0.2) is 41.3 Å². The minimum absolute atomic E-state index is 0.0361. The lowest BCUT2D eigenvalue weighted by atomic mass is 10.2. The van der Waals surface area contributed by atoms with Crippen LogP contribution in [0.3, 0.4) is 0 Å². The van der Waals surface area contributed by atoms with Gasteiger partial charge in [0.1, 0.15) is 4.32 Å². The summed E-state index contributed by atoms with van der Waals surface area (Å²) in [6.07, 6.45) is 3.68. The summed E-state index contributed by atoms with van der Waals surface area (Å²) >= 11 is 6.78. The van der Waals surface area contributed by atoms with Crippen molar-refractivity contribution in [3.8, 4) is 23.0 Å². The summed E-state index contributed by atoms with van der Waals surface area (Å²) in [5.41, 5.74) is 2.04. The summed E-state index contributed by atoms with van der Waals surface area (Å²) in [7, 11) is 0. The van der Waals surface area contributed by atoms with Crippen LogP contribution in [0.1, 0.15) is 24.0 Å². The van der Waals surface area contributed by atoms with Gasteiger partial charge in [0.2, 0.25) is 13.6 Å². The van der Waals surface area contributed by atoms with Gasteiger partial charge in [0, 0.05) is 13.1 Å². The minimum Gasteiger partial charge on any atom is -0.454 e. The Morgan fingerprint density at radius 3 is 2.50 bits per heavy atom. The van der Waals surface area contributed by atoms with E-state index in [1.165, 1.54) is 11.8 Å². The van der Waals surface area contributed by atoms with Gasteiger partial charge in [-0.3, -0.25) is 9.69 Å². The fraction of sp³-hybridized carbons (Fsp3) is 0.304. The minimum atomic E-state index is -0.0361. The molecule has 1 N–H and O–H groups in total. The van der Waals surface area contributed by atoms with Gasteiger partial charge in [0.05, 0.1) is 4.91 Å². The van der Waals surface area contributed by atoms with Crippen LogP contribution >= 0.6 is 24.0 Å². The van der Waals surface area contributed by atoms with Gasteiger partial charge in [-0.05, 0) is 60.9 Å². The van der Waals surface area contributed by atoms with Crippen molar-refractivity contribution in [3.05, 3.63) is 52.4 Å². The number of fused-ring (bicyclic) bond motifs is 2. The highest BCUT2D eigenvalue weighted by Crippen LogP contribution is 2.36. The lowest BCUT2D eigenvalue weighted by molar-refractivity contribution is -0.122. The highest BCUT2D eigenvalue weighted by molar-refractivity contribution is 8.26. The molecule has 0 aliphatic carbocycles. The highest BCUT2D eigenvalue weighted by atomic mass is 32.2. The number of hydrogen-bond donors (Lipinski definition) is 1. The lowest BCUT2D eigenvalue weighted by Gasteiger charge is -2.14. The number of thiocarbonyl (C=S) groups is 1. The van der Waals surface area contributed by atoms with Gasteiger partial charge in [-0.1, -0.05) is 36.1 Å². The molecule has 3 aliphatic rings. The van der Waals surface area contributed by atoms with Gasteiger partial charge in [0.15, 0.2) is 23.0 Å². The summed E-state index contributed by atoms with van der Waals surface area (Å²) in [6.45, 7) is 2.75. The van der Waals surface area contributed by atoms with Crippen LogP contribution in [-0.2, 0) is 11.3 Å². The second-order valence-electron chi connectivity index (χ2n) is 7.52. The largest absolute Gasteiger partial charge is 0.454 e. The average molecular weight is 471 g/mol. The third-order valence-corrected chi connectivity index (χ3v) is 6.70. The van der Waals surface area contributed by atoms with Gasteiger partial charge in [-0.25, -0.2) is 0 Å². The van der Waals surface area contributed by atoms with Gasteiger partial charge in [-0.15, -0.1) is 0 Å². The van der Waals surface area contributed by atoms with E-state index >= 15 is 0 Å². The van der Waals surface area contributed by atoms with Gasteiger partial charge >= 0.3 is 0 Å². The number of carbonyl (C=O) groups is 1. The van der Waals surface area contributed by atoms with Gasteiger partial charge in [0.25, 0.3) is 5.91 Å². The van der Waals surface area contributed by atoms with Crippen molar-refractivity contribution in [1.82, 2.24) is 10.2 Å². The Morgan fingerprint density at radius 1 is 0.969 bits per heavy atom. The molecule has 2 aromatic rings. The van der Waals surface area contributed by atoms with Crippen molar-refractivity contribution in [3.63, 3.8) is 0 Å². The summed E-state index contributed by atoms with van der Waals surface area (Å²) in [6, 6.07) is 11.6. The molecular formula is C23H22N2O5S2. The molecule has 32 heavy (non-hydrogen) atoms. The van der Waals surface area contributed by atoms with Crippen molar-refractivity contribution >= 4 is 40.3 Å². The topological polar surface area (TPSA) is 69.3 Å². The number of rotatable bonds is 8. The maximum absolute atomic E-state index is 12.8. The third kappa shape index (κ3) is 4.55. The van der Waals surface area contributed by atoms with Crippen LogP contribution in [0, 0.1) is 0 Å². The third-order valence-electron chi connectivity index (χ3n) is 5.32. The molecule has 9 heteroatoms. The first-order valence-electron chi connectivity index (χ1n) is 10.4. The lowest BCUT2D eigenvalue weighted by Crippen LogP contribution is -2.29. The average Bonchev–Trinajstić information content (AvgIpc) is 3.51. The van der Waals surface area contributed by atoms with Crippen LogP contribution in [0.2, 0.25) is 0 Å². The Kier molecular flexibility index (Phi) is 6.20. The van der Waals surface area contributed by atoms with Crippen LogP contribution in [0.25, 0.3) is 6.08 Å². The van der Waals surface area contributed by atoms with E-state index in [-0.39, 0.29) is 19.5 Å². The van der Waals surface area contributed by atoms with Gasteiger partial charge < -0.3 is 24.3 Å². The molecule has 1 fully saturated rings. The molecule has 166 valence electrons. The zero-order valence-corrected chi connectivity index (χ0v) is 18.9. The van der Waals surface area contributed by atoms with E-state index in [9.17, 15) is 4.79 Å². The first-order chi connectivity index (χ1) is 15.7. The number of thioether (sulfide) groups is 1. The fourth-order valence-electron chi connectivity index (χ4n) is 3.65. The number of nitrogens with zero attached hydrogens (tertiary/aromatic N) is 1. The standard InChI is InChI=1S/C23H22N2O5S2/c26-22-21(11-15-3-5-17-19(9-15)29-13-27-17)32-23(31)25(22)8-2-1-7-24-12-16-4-6-18-20(10-16)30-14-28-18/h3-6,9-11,24H,1-2,7-8,12-14H2/b21-11-. The van der Waals surface area contributed by atoms with E-state index < -0.39 is 0 Å². The van der Waals surface area contributed by atoms with E-state index in [1.807, 2.05) is 42.5 Å². The molecule has 2 aromatic carbocycles. The summed E-state index contributed by atoms with van der Waals surface area (Å²) in [5, 5.41) is 3.43. The number of hydrogen-bond acceptors (Lipinski definition) is 8. The van der Waals surface area contributed by atoms with E-state index in [2.05, 4.69) is 5.32 Å². The zero-order valence-electron chi connectivity index (χ0n) is 17.3. The molecular weight excluding hydrogens is 448 g/mol. The van der Waals surface area contributed by atoms with Crippen LogP contribution in [0.5, 0.6) is 23.0 Å². The molecule has 0 saturated carbocycles. The smallest absolute Gasteiger partial charge is 0.266 e. The van der Waals surface area contributed by atoms with E-state index in [4.69, 9.17) is 31.2 Å². The molecule has 5 rings (SSSR count). The first kappa shape index (κ1) is 21.1. The van der Waals surface area contributed by atoms with Crippen molar-refractivity contribution in [2.24, 2.45) is 0 Å². The maximum atomic E-state index is 12.8. The number of unbranched alkanes of at least 4 members (excludes halogenated alkanes) is 1. The SMILES string of the molecule is O=C1/C(=C/c2ccc3c(c2)OCO3)SC(=S)N1CCCCNCc1ccc2c(c1)OCO2. The molecule has 7 nitrogen and oxygen atoms in total. The van der Waals surface area contributed by atoms with Crippen molar-refractivity contribution in [1.29, 1.82) is 0 Å². The van der Waals surface area contributed by atoms with E-state index in [1.54, 1.807) is 4.90 Å². The Morgan fingerprint density at radius 2 is 1.69 bits per heavy atom. The molecule has 0 spiro atoms. The van der Waals surface area contributed by atoms with Crippen LogP contribution < -0.4 is 24.3 Å². The summed E-state index contributed by atoms with van der Waals surface area (Å²) in [5.74, 6) is 2.98. The predicted octanol–water partition coefficient (Wildman–Crippen LogP) is 3.92. The second kappa shape index (κ2) is 9.40. The number of benzene rings is 2. The van der Waals surface area contributed by atoms with Gasteiger partial charge in [-0.2, -0.15) is 0 Å². The molecule has 3 aliphatic heterocycles. The quantitative estimate of drug-likeness (QED) is 0.354. The molecule has 0 atom stereocenters. The molecule has 0 bridgehead atoms. The molecule has 1 saturated heterocycles. The first-order valence-corrected chi connectivity index (χ1v) is 11.6. The van der Waals surface area contributed by atoms with E-state index in [0.717, 1.165) is 54.3 Å². The van der Waals surface area contributed by atoms with Crippen molar-refractivity contribution in [2.75, 3.05) is 26.7 Å². The number of carbonyl (C=O) groups excluding carboxylic acids is 1. The van der Waals surface area contributed by atoms with E-state index in [0.29, 0.717) is 21.5 Å². The predicted molar refractivity (Wildman–Crippen MR) is 126 cm³/mol. The second-order valence-corrected chi connectivity index (χ2v) is 9.19. The van der Waals surface area contributed by atoms with Crippen LogP contribution in [0.4, 0.5) is 0 Å². The molecule has 0 radical (unpaired) electrons. The molecule has 0 aromatic heterocycles. The summed E-state index contributed by atoms with van der Waals surface area (Å²) in [4.78, 5) is 15.1. The zero-order chi connectivity index (χ0) is 21.9. The number of nitrogens with one attached hydrogen (secondary N) is 1. The summed E-state index contributed by atoms with van der Waals surface area (Å²) < 4.78 is 22.1. The Bertz CT molecular complexity index is 1090. The van der Waals surface area contributed by atoms with Crippen molar-refractivity contribution in [2.45, 2.75) is 19.4 Å². The Hall–Kier alpha value is -2.75. The Labute approximate surface area is 195 Å². The molecule has 0 unspecified atom stereocenters. The van der Waals surface area contributed by atoms with Crippen molar-refractivity contribution < 1.29 is 23.7 Å². The highest BCUT2D eigenvalue weighted by Gasteiger charge is 2.31. The monoisotopic (exact) mass is 470 g/mol. The number of amides is 1. The normalized spacial score (nSPS) is 17.6. The fourth-order valence-corrected chi connectivity index (χ4v) is 4.96. The maximum Gasteiger partial charge on any atom is 0.266 e.